The number of ether oxygens (including phenoxy) is 2. The average Bonchev–Trinajstić information content (AvgIpc) is 3.66. The molecule has 43 heavy (non-hydrogen) atoms. The number of benzene rings is 1. The number of carbonyl (C=O) groups is 2. The molecule has 0 spiro atoms. The third-order valence-electron chi connectivity index (χ3n) is 7.41. The van der Waals surface area contributed by atoms with Crippen LogP contribution in [-0.2, 0) is 32.0 Å². The fraction of sp³-hybridized carbons (Fsp3) is 0.481. The molecular formula is C27H32F2N6O6S2. The summed E-state index contributed by atoms with van der Waals surface area (Å²) in [7, 11) is 1.48. The van der Waals surface area contributed by atoms with Gasteiger partial charge in [-0.05, 0) is 49.4 Å². The molecule has 2 saturated heterocycles. The number of thiazole rings is 1. The summed E-state index contributed by atoms with van der Waals surface area (Å²) in [5, 5.41) is 1.88. The number of anilines is 3. The highest BCUT2D eigenvalue weighted by molar-refractivity contribution is 7.81. The molecule has 232 valence electrons. The van der Waals surface area contributed by atoms with E-state index in [1.165, 1.54) is 23.1 Å². The van der Waals surface area contributed by atoms with Crippen LogP contribution in [0.4, 0.5) is 24.7 Å². The van der Waals surface area contributed by atoms with Crippen LogP contribution in [-0.4, -0.2) is 86.4 Å². The van der Waals surface area contributed by atoms with E-state index in [2.05, 4.69) is 9.97 Å². The number of nitrogens with zero attached hydrogens (tertiary/aromatic N) is 5. The van der Waals surface area contributed by atoms with E-state index in [0.717, 1.165) is 21.0 Å². The van der Waals surface area contributed by atoms with Crippen LogP contribution in [0, 0.1) is 0 Å². The van der Waals surface area contributed by atoms with Crippen molar-refractivity contribution in [3.8, 4) is 5.75 Å². The Bertz CT molecular complexity index is 1560. The number of hydrogen-bond donors (Lipinski definition) is 2. The molecule has 0 saturated carbocycles. The Kier molecular flexibility index (Phi) is 8.72. The van der Waals surface area contributed by atoms with Crippen LogP contribution in [0.5, 0.6) is 5.75 Å². The van der Waals surface area contributed by atoms with Crippen LogP contribution >= 0.6 is 11.3 Å². The van der Waals surface area contributed by atoms with Gasteiger partial charge in [-0.1, -0.05) is 11.3 Å². The molecule has 1 amide bonds. The molecule has 4 heterocycles. The maximum Gasteiger partial charge on any atom is 0.329 e. The summed E-state index contributed by atoms with van der Waals surface area (Å²) >= 11 is -1.69. The lowest BCUT2D eigenvalue weighted by atomic mass is 10.00. The standard InChI is InChI=1S/C27H32F2N6O6S2/c1-15(2)41-25(37)20(11-17-10-16-4-7-31-23(30)18(16)12-21(17)40-3)34-8-5-19(24(34)36)35(43(38)39)22-13-32-26(42-22)33-9-6-27(28,29)14-33/h4,7,10,12-13,15,19-20H,5-6,8-9,11,14H2,1-3H3,(H2,30,31)(H,38,39)/t19-,20+/m0/s1. The number of likely N-dealkylation sites (tertiary alicyclic amines) is 1. The number of carbonyl (C=O) groups excluding carboxylic acids is 2. The van der Waals surface area contributed by atoms with E-state index >= 15 is 0 Å². The van der Waals surface area contributed by atoms with Crippen molar-refractivity contribution in [3.63, 3.8) is 0 Å². The number of nitrogens with two attached hydrogens (primary N) is 1. The number of rotatable bonds is 10. The maximum absolute atomic E-state index is 13.9. The van der Waals surface area contributed by atoms with Gasteiger partial charge in [-0.15, -0.1) is 0 Å². The van der Waals surface area contributed by atoms with Gasteiger partial charge in [0.15, 0.2) is 5.13 Å². The molecule has 16 heteroatoms. The van der Waals surface area contributed by atoms with E-state index in [4.69, 9.17) is 15.2 Å². The number of methoxy groups -OCH3 is 1. The zero-order valence-corrected chi connectivity index (χ0v) is 25.4. The number of halogens is 2. The summed E-state index contributed by atoms with van der Waals surface area (Å²) in [6.45, 7) is 3.10. The van der Waals surface area contributed by atoms with Gasteiger partial charge in [0.1, 0.15) is 28.7 Å². The zero-order chi connectivity index (χ0) is 31.1. The second kappa shape index (κ2) is 12.2. The zero-order valence-electron chi connectivity index (χ0n) is 23.7. The summed E-state index contributed by atoms with van der Waals surface area (Å²) in [5.74, 6) is -3.27. The Morgan fingerprint density at radius 3 is 2.74 bits per heavy atom. The first-order valence-electron chi connectivity index (χ1n) is 13.6. The number of alkyl halides is 2. The number of nitrogen functional groups attached to an aromatic ring is 1. The highest BCUT2D eigenvalue weighted by Gasteiger charge is 2.45. The largest absolute Gasteiger partial charge is 0.496 e. The van der Waals surface area contributed by atoms with Crippen LogP contribution in [0.1, 0.15) is 32.3 Å². The second-order valence-corrected chi connectivity index (χ2v) is 12.5. The Balaban J connectivity index is 1.43. The van der Waals surface area contributed by atoms with Crippen molar-refractivity contribution in [3.05, 3.63) is 36.2 Å². The van der Waals surface area contributed by atoms with Crippen LogP contribution in [0.15, 0.2) is 30.6 Å². The lowest BCUT2D eigenvalue weighted by Crippen LogP contribution is -2.49. The van der Waals surface area contributed by atoms with Crippen molar-refractivity contribution < 1.29 is 36.6 Å². The van der Waals surface area contributed by atoms with Gasteiger partial charge in [0.25, 0.3) is 17.2 Å². The third kappa shape index (κ3) is 6.35. The molecular weight excluding hydrogens is 606 g/mol. The first-order chi connectivity index (χ1) is 20.4. The number of aromatic nitrogens is 2. The molecule has 2 aliphatic heterocycles. The monoisotopic (exact) mass is 638 g/mol. The highest BCUT2D eigenvalue weighted by atomic mass is 32.2. The van der Waals surface area contributed by atoms with Gasteiger partial charge < -0.3 is 25.0 Å². The second-order valence-electron chi connectivity index (χ2n) is 10.7. The van der Waals surface area contributed by atoms with Gasteiger partial charge in [0.05, 0.1) is 26.0 Å². The SMILES string of the molecule is COc1cc2c(N)nccc2cc1C[C@H](C(=O)OC(C)C)N1CC[C@H](N(c2cnc(N3CCC(F)(F)C3)s2)S(=O)O)C1=O. The van der Waals surface area contributed by atoms with Gasteiger partial charge in [-0.3, -0.25) is 9.35 Å². The Morgan fingerprint density at radius 1 is 1.33 bits per heavy atom. The first kappa shape index (κ1) is 30.8. The molecule has 0 radical (unpaired) electrons. The number of pyridine rings is 1. The fourth-order valence-electron chi connectivity index (χ4n) is 5.42. The molecule has 1 aromatic carbocycles. The topological polar surface area (TPSA) is 151 Å². The van der Waals surface area contributed by atoms with Crippen molar-refractivity contribution in [1.82, 2.24) is 14.9 Å². The van der Waals surface area contributed by atoms with Crippen LogP contribution < -0.4 is 19.7 Å². The average molecular weight is 639 g/mol. The van der Waals surface area contributed by atoms with Gasteiger partial charge >= 0.3 is 5.97 Å². The first-order valence-corrected chi connectivity index (χ1v) is 15.5. The number of fused-ring (bicyclic) bond motifs is 1. The van der Waals surface area contributed by atoms with Crippen molar-refractivity contribution in [2.75, 3.05) is 41.7 Å². The minimum atomic E-state index is -2.84. The Labute approximate surface area is 253 Å². The molecule has 2 aliphatic rings. The molecule has 5 rings (SSSR count). The molecule has 0 bridgehead atoms. The van der Waals surface area contributed by atoms with Crippen molar-refractivity contribution in [1.29, 1.82) is 0 Å². The quantitative estimate of drug-likeness (QED) is 0.250. The summed E-state index contributed by atoms with van der Waals surface area (Å²) in [5.41, 5.74) is 6.66. The lowest BCUT2D eigenvalue weighted by molar-refractivity contribution is -0.157. The smallest absolute Gasteiger partial charge is 0.329 e. The molecule has 2 fully saturated rings. The number of hydrogen-bond acceptors (Lipinski definition) is 10. The van der Waals surface area contributed by atoms with Crippen LogP contribution in [0.3, 0.4) is 0 Å². The fourth-order valence-corrected chi connectivity index (χ4v) is 7.23. The molecule has 2 aromatic heterocycles. The highest BCUT2D eigenvalue weighted by Crippen LogP contribution is 2.38. The minimum absolute atomic E-state index is 0.0431. The molecule has 3 N–H and O–H groups in total. The maximum atomic E-state index is 13.9. The minimum Gasteiger partial charge on any atom is -0.496 e. The van der Waals surface area contributed by atoms with Gasteiger partial charge in [-0.25, -0.2) is 32.1 Å². The summed E-state index contributed by atoms with van der Waals surface area (Å²) in [4.78, 5) is 38.3. The predicted molar refractivity (Wildman–Crippen MR) is 159 cm³/mol. The van der Waals surface area contributed by atoms with Crippen molar-refractivity contribution in [2.45, 2.75) is 57.2 Å². The Morgan fingerprint density at radius 2 is 2.09 bits per heavy atom. The molecule has 3 aromatic rings. The van der Waals surface area contributed by atoms with E-state index < -0.39 is 53.8 Å². The van der Waals surface area contributed by atoms with E-state index in [9.17, 15) is 27.1 Å². The van der Waals surface area contributed by atoms with E-state index in [1.807, 2.05) is 6.07 Å². The lowest BCUT2D eigenvalue weighted by Gasteiger charge is -2.29. The van der Waals surface area contributed by atoms with E-state index in [0.29, 0.717) is 22.5 Å². The van der Waals surface area contributed by atoms with Gasteiger partial charge in [-0.2, -0.15) is 0 Å². The normalized spacial score (nSPS) is 19.7. The summed E-state index contributed by atoms with van der Waals surface area (Å²) in [6.07, 6.45) is 2.27. The predicted octanol–water partition coefficient (Wildman–Crippen LogP) is 3.23. The molecule has 3 atom stereocenters. The third-order valence-corrected chi connectivity index (χ3v) is 9.37. The van der Waals surface area contributed by atoms with E-state index in [1.54, 1.807) is 32.2 Å². The van der Waals surface area contributed by atoms with Crippen LogP contribution in [0.2, 0.25) is 0 Å². The molecule has 1 unspecified atom stereocenters. The number of esters is 1. The number of amides is 1. The van der Waals surface area contributed by atoms with Crippen molar-refractivity contribution in [2.24, 2.45) is 0 Å². The summed E-state index contributed by atoms with van der Waals surface area (Å²) < 4.78 is 62.4. The molecule has 0 aliphatic carbocycles. The summed E-state index contributed by atoms with van der Waals surface area (Å²) in [6, 6.07) is 3.14. The van der Waals surface area contributed by atoms with Crippen molar-refractivity contribution >= 4 is 61.2 Å². The van der Waals surface area contributed by atoms with Gasteiger partial charge in [0, 0.05) is 37.5 Å². The van der Waals surface area contributed by atoms with Gasteiger partial charge in [0.2, 0.25) is 5.91 Å². The van der Waals surface area contributed by atoms with Crippen LogP contribution in [0.25, 0.3) is 10.8 Å². The Hall–Kier alpha value is -3.63. The molecule has 12 nitrogen and oxygen atoms in total. The van der Waals surface area contributed by atoms with E-state index in [-0.39, 0.29) is 42.5 Å².